The van der Waals surface area contributed by atoms with Gasteiger partial charge in [-0.3, -0.25) is 0 Å². The number of amides is 2. The fourth-order valence-corrected chi connectivity index (χ4v) is 2.16. The van der Waals surface area contributed by atoms with E-state index in [9.17, 15) is 9.28 Å². The molecular formula is C14H14ClFN2O2. The minimum atomic E-state index is -0.673. The fourth-order valence-electron chi connectivity index (χ4n) is 1.99. The van der Waals surface area contributed by atoms with Crippen LogP contribution in [-0.4, -0.2) is 30.6 Å². The van der Waals surface area contributed by atoms with Gasteiger partial charge in [0, 0.05) is 19.2 Å². The molecule has 0 aromatic heterocycles. The Balaban J connectivity index is 2.14. The van der Waals surface area contributed by atoms with E-state index in [1.807, 2.05) is 0 Å². The van der Waals surface area contributed by atoms with E-state index >= 15 is 0 Å². The van der Waals surface area contributed by atoms with E-state index in [4.69, 9.17) is 22.8 Å². The van der Waals surface area contributed by atoms with Crippen LogP contribution in [0.3, 0.4) is 0 Å². The van der Waals surface area contributed by atoms with E-state index in [1.54, 1.807) is 0 Å². The molecule has 6 heteroatoms. The van der Waals surface area contributed by atoms with Gasteiger partial charge in [0.1, 0.15) is 12.4 Å². The number of rotatable bonds is 3. The second-order valence-electron chi connectivity index (χ2n) is 4.37. The molecule has 0 bridgehead atoms. The SMILES string of the molecule is C#CCOc1cc(N(F)C(=O)N2CCCC2)ccc1Cl. The predicted octanol–water partition coefficient (Wildman–Crippen LogP) is 3.26. The summed E-state index contributed by atoms with van der Waals surface area (Å²) in [6, 6.07) is 3.56. The Labute approximate surface area is 122 Å². The summed E-state index contributed by atoms with van der Waals surface area (Å²) in [4.78, 5) is 13.4. The molecule has 0 spiro atoms. The molecule has 0 unspecified atom stereocenters. The van der Waals surface area contributed by atoms with Crippen LogP contribution in [0, 0.1) is 12.3 Å². The van der Waals surface area contributed by atoms with Gasteiger partial charge < -0.3 is 9.64 Å². The van der Waals surface area contributed by atoms with E-state index in [-0.39, 0.29) is 23.2 Å². The van der Waals surface area contributed by atoms with Gasteiger partial charge in [0.05, 0.1) is 10.7 Å². The molecule has 106 valence electrons. The Kier molecular flexibility index (Phi) is 4.70. The zero-order valence-electron chi connectivity index (χ0n) is 10.8. The standard InChI is InChI=1S/C14H14ClFN2O2/c1-2-9-20-13-10-11(5-6-12(13)15)18(16)14(19)17-7-3-4-8-17/h1,5-6,10H,3-4,7-9H2. The first-order valence-electron chi connectivity index (χ1n) is 6.24. The van der Waals surface area contributed by atoms with Crippen LogP contribution in [-0.2, 0) is 0 Å². The lowest BCUT2D eigenvalue weighted by Crippen LogP contribution is -2.37. The number of likely N-dealkylation sites (tertiary alicyclic amines) is 1. The lowest BCUT2D eigenvalue weighted by Gasteiger charge is -2.20. The summed E-state index contributed by atoms with van der Waals surface area (Å²) in [7, 11) is 0. The van der Waals surface area contributed by atoms with Crippen molar-refractivity contribution >= 4 is 23.3 Å². The van der Waals surface area contributed by atoms with Crippen LogP contribution in [0.15, 0.2) is 18.2 Å². The topological polar surface area (TPSA) is 32.8 Å². The summed E-state index contributed by atoms with van der Waals surface area (Å²) in [5.74, 6) is 2.55. The van der Waals surface area contributed by atoms with Crippen molar-refractivity contribution in [2.75, 3.05) is 24.8 Å². The van der Waals surface area contributed by atoms with Crippen molar-refractivity contribution in [3.8, 4) is 18.1 Å². The lowest BCUT2D eigenvalue weighted by molar-refractivity contribution is 0.201. The van der Waals surface area contributed by atoms with Gasteiger partial charge in [0.15, 0.2) is 0 Å². The number of hydrogen-bond acceptors (Lipinski definition) is 2. The maximum atomic E-state index is 14.1. The molecule has 0 N–H and O–H groups in total. The van der Waals surface area contributed by atoms with Gasteiger partial charge in [-0.2, -0.15) is 0 Å². The third-order valence-electron chi connectivity index (χ3n) is 3.00. The van der Waals surface area contributed by atoms with Crippen molar-refractivity contribution in [2.45, 2.75) is 12.8 Å². The number of carbonyl (C=O) groups excluding carboxylic acids is 1. The van der Waals surface area contributed by atoms with Crippen molar-refractivity contribution in [1.82, 2.24) is 4.90 Å². The number of urea groups is 1. The zero-order chi connectivity index (χ0) is 14.5. The molecule has 1 aromatic rings. The Morgan fingerprint density at radius 1 is 1.50 bits per heavy atom. The minimum Gasteiger partial charge on any atom is -0.479 e. The van der Waals surface area contributed by atoms with E-state index in [0.29, 0.717) is 18.1 Å². The molecular weight excluding hydrogens is 283 g/mol. The lowest BCUT2D eigenvalue weighted by atomic mass is 10.3. The van der Waals surface area contributed by atoms with Crippen molar-refractivity contribution < 1.29 is 14.0 Å². The summed E-state index contributed by atoms with van der Waals surface area (Å²) < 4.78 is 19.3. The van der Waals surface area contributed by atoms with E-state index < -0.39 is 6.03 Å². The molecule has 1 aliphatic heterocycles. The summed E-state index contributed by atoms with van der Waals surface area (Å²) in [5.41, 5.74) is 0.0679. The monoisotopic (exact) mass is 296 g/mol. The second kappa shape index (κ2) is 6.49. The fraction of sp³-hybridized carbons (Fsp3) is 0.357. The molecule has 0 aliphatic carbocycles. The number of terminal acetylenes is 1. The van der Waals surface area contributed by atoms with Gasteiger partial charge in [-0.25, -0.2) is 4.79 Å². The molecule has 0 atom stereocenters. The maximum absolute atomic E-state index is 14.1. The highest BCUT2D eigenvalue weighted by Crippen LogP contribution is 2.30. The number of nitrogens with zero attached hydrogens (tertiary/aromatic N) is 2. The molecule has 4 nitrogen and oxygen atoms in total. The Morgan fingerprint density at radius 3 is 2.85 bits per heavy atom. The average molecular weight is 297 g/mol. The molecule has 0 radical (unpaired) electrons. The van der Waals surface area contributed by atoms with Gasteiger partial charge in [0.2, 0.25) is 0 Å². The number of benzene rings is 1. The van der Waals surface area contributed by atoms with E-state index in [2.05, 4.69) is 5.92 Å². The van der Waals surface area contributed by atoms with Crippen LogP contribution in [0.4, 0.5) is 15.0 Å². The predicted molar refractivity (Wildman–Crippen MR) is 75.6 cm³/mol. The van der Waals surface area contributed by atoms with Gasteiger partial charge in [-0.15, -0.1) is 11.5 Å². The Morgan fingerprint density at radius 2 is 2.20 bits per heavy atom. The third-order valence-corrected chi connectivity index (χ3v) is 3.31. The molecule has 1 saturated heterocycles. The molecule has 20 heavy (non-hydrogen) atoms. The van der Waals surface area contributed by atoms with Crippen molar-refractivity contribution in [3.63, 3.8) is 0 Å². The quantitative estimate of drug-likeness (QED) is 0.633. The largest absolute Gasteiger partial charge is 0.479 e. The van der Waals surface area contributed by atoms with Gasteiger partial charge in [-0.05, 0) is 25.0 Å². The first-order valence-corrected chi connectivity index (χ1v) is 6.62. The molecule has 1 aromatic carbocycles. The Hall–Kier alpha value is -1.93. The number of ether oxygens (including phenoxy) is 1. The zero-order valence-corrected chi connectivity index (χ0v) is 11.6. The number of carbonyl (C=O) groups is 1. The number of hydrogen-bond donors (Lipinski definition) is 0. The molecule has 1 aliphatic rings. The highest BCUT2D eigenvalue weighted by Gasteiger charge is 2.25. The normalized spacial score (nSPS) is 13.9. The maximum Gasteiger partial charge on any atom is 0.352 e. The smallest absolute Gasteiger partial charge is 0.352 e. The Bertz CT molecular complexity index is 538. The van der Waals surface area contributed by atoms with Gasteiger partial charge in [0.25, 0.3) is 0 Å². The molecule has 0 saturated carbocycles. The molecule has 2 amide bonds. The van der Waals surface area contributed by atoms with Crippen LogP contribution >= 0.6 is 11.6 Å². The summed E-state index contributed by atoms with van der Waals surface area (Å²) in [6.07, 6.45) is 6.89. The molecule has 1 heterocycles. The molecule has 1 fully saturated rings. The first kappa shape index (κ1) is 14.5. The molecule has 2 rings (SSSR count). The van der Waals surface area contributed by atoms with Gasteiger partial charge >= 0.3 is 6.03 Å². The summed E-state index contributed by atoms with van der Waals surface area (Å²) >= 11 is 5.91. The van der Waals surface area contributed by atoms with Crippen LogP contribution < -0.4 is 9.86 Å². The summed E-state index contributed by atoms with van der Waals surface area (Å²) in [5, 5.41) is 0.413. The third kappa shape index (κ3) is 3.14. The van der Waals surface area contributed by atoms with Crippen molar-refractivity contribution in [1.29, 1.82) is 0 Å². The highest BCUT2D eigenvalue weighted by atomic mass is 35.5. The first-order chi connectivity index (χ1) is 9.63. The van der Waals surface area contributed by atoms with Crippen LogP contribution in [0.1, 0.15) is 12.8 Å². The number of anilines is 1. The number of halogens is 2. The average Bonchev–Trinajstić information content (AvgIpc) is 2.99. The van der Waals surface area contributed by atoms with Crippen molar-refractivity contribution in [2.24, 2.45) is 0 Å². The van der Waals surface area contributed by atoms with Crippen LogP contribution in [0.5, 0.6) is 5.75 Å². The van der Waals surface area contributed by atoms with Crippen LogP contribution in [0.25, 0.3) is 0 Å². The van der Waals surface area contributed by atoms with Gasteiger partial charge in [-0.1, -0.05) is 22.0 Å². The van der Waals surface area contributed by atoms with Crippen molar-refractivity contribution in [3.05, 3.63) is 23.2 Å². The van der Waals surface area contributed by atoms with E-state index in [1.165, 1.54) is 23.1 Å². The minimum absolute atomic E-state index is 0.0233. The highest BCUT2D eigenvalue weighted by molar-refractivity contribution is 6.32. The second-order valence-corrected chi connectivity index (χ2v) is 4.77. The summed E-state index contributed by atoms with van der Waals surface area (Å²) in [6.45, 7) is 1.18. The van der Waals surface area contributed by atoms with Crippen LogP contribution in [0.2, 0.25) is 5.02 Å². The van der Waals surface area contributed by atoms with E-state index in [0.717, 1.165) is 12.8 Å².